The van der Waals surface area contributed by atoms with Crippen molar-refractivity contribution in [1.82, 2.24) is 9.78 Å². The number of rotatable bonds is 6. The van der Waals surface area contributed by atoms with Crippen LogP contribution >= 0.6 is 0 Å². The second-order valence-corrected chi connectivity index (χ2v) is 9.05. The zero-order chi connectivity index (χ0) is 26.1. The van der Waals surface area contributed by atoms with Crippen LogP contribution in [0.4, 0.5) is 17.1 Å². The molecular weight excluding hydrogens is 470 g/mol. The van der Waals surface area contributed by atoms with E-state index in [1.807, 2.05) is 49.3 Å². The average Bonchev–Trinajstić information content (AvgIpc) is 2.93. The lowest BCUT2D eigenvalue weighted by atomic mass is 10.0. The maximum absolute atomic E-state index is 13.7. The van der Waals surface area contributed by atoms with Gasteiger partial charge in [-0.1, -0.05) is 30.9 Å². The molecule has 1 aromatic heterocycles. The third kappa shape index (κ3) is 4.56. The van der Waals surface area contributed by atoms with E-state index in [4.69, 9.17) is 9.84 Å². The number of morpholine rings is 1. The summed E-state index contributed by atoms with van der Waals surface area (Å²) >= 11 is 0. The van der Waals surface area contributed by atoms with Crippen molar-refractivity contribution in [2.24, 2.45) is 0 Å². The lowest BCUT2D eigenvalue weighted by Gasteiger charge is -2.29. The number of benzene rings is 3. The van der Waals surface area contributed by atoms with Gasteiger partial charge in [-0.2, -0.15) is 9.78 Å². The van der Waals surface area contributed by atoms with Crippen LogP contribution in [0.1, 0.15) is 5.56 Å². The van der Waals surface area contributed by atoms with Gasteiger partial charge >= 0.3 is 0 Å². The molecule has 1 aliphatic rings. The van der Waals surface area contributed by atoms with Crippen LogP contribution in [0.15, 0.2) is 72.0 Å². The molecule has 1 fully saturated rings. The number of aromatic nitrogens is 2. The van der Waals surface area contributed by atoms with Gasteiger partial charge < -0.3 is 14.5 Å². The van der Waals surface area contributed by atoms with Gasteiger partial charge in [0.2, 0.25) is 0 Å². The number of hydrogen-bond acceptors (Lipinski definition) is 7. The van der Waals surface area contributed by atoms with E-state index in [0.717, 1.165) is 27.2 Å². The van der Waals surface area contributed by atoms with Crippen LogP contribution in [0.3, 0.4) is 0 Å². The molecule has 4 aromatic rings. The topological polar surface area (TPSA) is 93.7 Å². The van der Waals surface area contributed by atoms with Crippen LogP contribution in [-0.4, -0.2) is 55.1 Å². The predicted octanol–water partition coefficient (Wildman–Crippen LogP) is 4.51. The van der Waals surface area contributed by atoms with E-state index in [9.17, 15) is 14.9 Å². The highest BCUT2D eigenvalue weighted by atomic mass is 16.6. The van der Waals surface area contributed by atoms with E-state index in [0.29, 0.717) is 42.8 Å². The first-order valence-corrected chi connectivity index (χ1v) is 12.0. The first kappa shape index (κ1) is 24.2. The fourth-order valence-electron chi connectivity index (χ4n) is 4.57. The number of ether oxygens (including phenoxy) is 1. The molecule has 0 radical (unpaired) electrons. The molecule has 9 nitrogen and oxygen atoms in total. The molecule has 0 N–H and O–H groups in total. The van der Waals surface area contributed by atoms with E-state index in [-0.39, 0.29) is 11.4 Å². The second kappa shape index (κ2) is 9.87. The molecule has 9 heteroatoms. The number of hydrogen-bond donors (Lipinski definition) is 0. The Bertz CT molecular complexity index is 1570. The zero-order valence-electron chi connectivity index (χ0n) is 20.8. The Labute approximate surface area is 214 Å². The summed E-state index contributed by atoms with van der Waals surface area (Å²) in [5.41, 5.74) is 3.44. The molecule has 1 aliphatic heterocycles. The van der Waals surface area contributed by atoms with Crippen molar-refractivity contribution in [3.05, 3.63) is 93.3 Å². The largest absolute Gasteiger partial charge is 0.378 e. The minimum absolute atomic E-state index is 0.124. The van der Waals surface area contributed by atoms with Crippen molar-refractivity contribution in [3.63, 3.8) is 0 Å². The number of fused-ring (bicyclic) bond motifs is 1. The van der Waals surface area contributed by atoms with Gasteiger partial charge in [-0.25, -0.2) is 0 Å². The van der Waals surface area contributed by atoms with Crippen molar-refractivity contribution in [1.29, 1.82) is 0 Å². The van der Waals surface area contributed by atoms with E-state index in [1.165, 1.54) is 6.07 Å². The molecule has 37 heavy (non-hydrogen) atoms. The minimum Gasteiger partial charge on any atom is -0.378 e. The molecule has 3 aromatic carbocycles. The molecular formula is C28H27N5O4. The van der Waals surface area contributed by atoms with Crippen LogP contribution in [0.5, 0.6) is 0 Å². The quantitative estimate of drug-likeness (QED) is 0.286. The number of nitrogens with zero attached hydrogens (tertiary/aromatic N) is 5. The second-order valence-electron chi connectivity index (χ2n) is 9.05. The fourth-order valence-corrected chi connectivity index (χ4v) is 4.57. The summed E-state index contributed by atoms with van der Waals surface area (Å²) in [7, 11) is 3.89. The molecule has 0 saturated carbocycles. The Morgan fingerprint density at radius 2 is 1.78 bits per heavy atom. The molecule has 0 spiro atoms. The van der Waals surface area contributed by atoms with E-state index >= 15 is 0 Å². The summed E-state index contributed by atoms with van der Waals surface area (Å²) in [6.07, 6.45) is 1.76. The predicted molar refractivity (Wildman–Crippen MR) is 147 cm³/mol. The van der Waals surface area contributed by atoms with Crippen LogP contribution in [0.2, 0.25) is 0 Å². The Balaban J connectivity index is 1.80. The monoisotopic (exact) mass is 497 g/mol. The number of nitro groups is 1. The van der Waals surface area contributed by atoms with Crippen molar-refractivity contribution in [3.8, 4) is 16.9 Å². The molecule has 0 amide bonds. The Kier molecular flexibility index (Phi) is 6.45. The number of anilines is 2. The highest BCUT2D eigenvalue weighted by molar-refractivity contribution is 5.95. The summed E-state index contributed by atoms with van der Waals surface area (Å²) in [4.78, 5) is 29.3. The standard InChI is InChI=1S/C28H27N5O4/c1-4-19-15-20(17-22(16-19)30(2)3)27-23-7-5-6-8-24(23)28(34)32(29-27)26-18-21(9-10-25(26)33(35)36)31-11-13-37-14-12-31/h4-10,15-18H,1,11-14H2,2-3H3. The maximum Gasteiger partial charge on any atom is 0.295 e. The summed E-state index contributed by atoms with van der Waals surface area (Å²) < 4.78 is 6.61. The highest BCUT2D eigenvalue weighted by Crippen LogP contribution is 2.32. The van der Waals surface area contributed by atoms with Crippen LogP contribution in [-0.2, 0) is 4.74 Å². The first-order valence-electron chi connectivity index (χ1n) is 12.0. The van der Waals surface area contributed by atoms with Gasteiger partial charge in [0.25, 0.3) is 11.2 Å². The molecule has 0 aliphatic carbocycles. The third-order valence-corrected chi connectivity index (χ3v) is 6.53. The summed E-state index contributed by atoms with van der Waals surface area (Å²) in [5, 5.41) is 17.9. The minimum atomic E-state index is -0.482. The van der Waals surface area contributed by atoms with Crippen molar-refractivity contribution >= 4 is 33.9 Å². The molecule has 0 bridgehead atoms. The van der Waals surface area contributed by atoms with Crippen molar-refractivity contribution in [2.75, 3.05) is 50.2 Å². The zero-order valence-corrected chi connectivity index (χ0v) is 20.8. The summed E-state index contributed by atoms with van der Waals surface area (Å²) in [6, 6.07) is 17.9. The van der Waals surface area contributed by atoms with Crippen LogP contribution < -0.4 is 15.4 Å². The van der Waals surface area contributed by atoms with Gasteiger partial charge in [-0.3, -0.25) is 14.9 Å². The Hall–Kier alpha value is -4.50. The Morgan fingerprint density at radius 3 is 2.46 bits per heavy atom. The summed E-state index contributed by atoms with van der Waals surface area (Å²) in [6.45, 7) is 6.36. The highest BCUT2D eigenvalue weighted by Gasteiger charge is 2.23. The van der Waals surface area contributed by atoms with Crippen LogP contribution in [0.25, 0.3) is 33.8 Å². The van der Waals surface area contributed by atoms with E-state index in [2.05, 4.69) is 11.5 Å². The van der Waals surface area contributed by atoms with Crippen LogP contribution in [0, 0.1) is 10.1 Å². The van der Waals surface area contributed by atoms with Gasteiger partial charge in [0.1, 0.15) is 5.69 Å². The fraction of sp³-hybridized carbons (Fsp3) is 0.214. The smallest absolute Gasteiger partial charge is 0.295 e. The lowest BCUT2D eigenvalue weighted by molar-refractivity contribution is -0.384. The number of nitro benzene ring substituents is 1. The van der Waals surface area contributed by atoms with Crippen molar-refractivity contribution in [2.45, 2.75) is 0 Å². The molecule has 188 valence electrons. The third-order valence-electron chi connectivity index (χ3n) is 6.53. The van der Waals surface area contributed by atoms with Gasteiger partial charge in [0.05, 0.1) is 29.2 Å². The molecule has 0 unspecified atom stereocenters. The molecule has 1 saturated heterocycles. The maximum atomic E-state index is 13.7. The van der Waals surface area contributed by atoms with E-state index < -0.39 is 10.5 Å². The lowest BCUT2D eigenvalue weighted by Crippen LogP contribution is -2.36. The molecule has 2 heterocycles. The van der Waals surface area contributed by atoms with Gasteiger partial charge in [-0.15, -0.1) is 0 Å². The average molecular weight is 498 g/mol. The van der Waals surface area contributed by atoms with Gasteiger partial charge in [-0.05, 0) is 42.0 Å². The normalized spacial score (nSPS) is 13.5. The van der Waals surface area contributed by atoms with Gasteiger partial charge in [0.15, 0.2) is 0 Å². The first-order chi connectivity index (χ1) is 17.9. The summed E-state index contributed by atoms with van der Waals surface area (Å²) in [5.74, 6) is 0. The van der Waals surface area contributed by atoms with Crippen molar-refractivity contribution < 1.29 is 9.66 Å². The Morgan fingerprint density at radius 1 is 1.05 bits per heavy atom. The molecule has 0 atom stereocenters. The van der Waals surface area contributed by atoms with Gasteiger partial charge in [0, 0.05) is 55.6 Å². The van der Waals surface area contributed by atoms with E-state index in [1.54, 1.807) is 30.3 Å². The molecule has 5 rings (SSSR count). The SMILES string of the molecule is C=Cc1cc(-c2nn(-c3cc(N4CCOCC4)ccc3[N+](=O)[O-])c(=O)c3ccccc23)cc(N(C)C)c1.